The Morgan fingerprint density at radius 1 is 1.10 bits per heavy atom. The van der Waals surface area contributed by atoms with Gasteiger partial charge in [0.15, 0.2) is 4.96 Å². The number of amides is 1. The normalized spacial score (nSPS) is 13.6. The Morgan fingerprint density at radius 3 is 2.61 bits per heavy atom. The fourth-order valence-corrected chi connectivity index (χ4v) is 4.85. The molecule has 0 unspecified atom stereocenters. The lowest BCUT2D eigenvalue weighted by atomic mass is 10.1. The molecule has 158 valence electrons. The van der Waals surface area contributed by atoms with Crippen LogP contribution in [0.1, 0.15) is 30.5 Å². The van der Waals surface area contributed by atoms with Crippen molar-refractivity contribution in [2.75, 3.05) is 6.54 Å². The van der Waals surface area contributed by atoms with E-state index in [2.05, 4.69) is 31.8 Å². The molecule has 6 heteroatoms. The molecule has 5 rings (SSSR count). The maximum absolute atomic E-state index is 13.2. The lowest BCUT2D eigenvalue weighted by Gasteiger charge is -2.22. The van der Waals surface area contributed by atoms with Crippen LogP contribution in [-0.4, -0.2) is 32.8 Å². The van der Waals surface area contributed by atoms with Crippen LogP contribution in [0, 0.1) is 5.82 Å². The molecule has 2 heterocycles. The zero-order valence-corrected chi connectivity index (χ0v) is 18.0. The van der Waals surface area contributed by atoms with E-state index >= 15 is 0 Å². The summed E-state index contributed by atoms with van der Waals surface area (Å²) in [5.41, 5.74) is 4.10. The second kappa shape index (κ2) is 8.63. The highest BCUT2D eigenvalue weighted by molar-refractivity contribution is 7.15. The van der Waals surface area contributed by atoms with Crippen molar-refractivity contribution in [1.29, 1.82) is 0 Å². The number of rotatable bonds is 8. The Bertz CT molecular complexity index is 1180. The summed E-state index contributed by atoms with van der Waals surface area (Å²) in [4.78, 5) is 20.6. The number of hydrogen-bond donors (Lipinski definition) is 0. The number of aromatic nitrogens is 2. The van der Waals surface area contributed by atoms with E-state index in [1.807, 2.05) is 24.4 Å². The van der Waals surface area contributed by atoms with Crippen LogP contribution in [0.3, 0.4) is 0 Å². The molecule has 0 aliphatic heterocycles. The van der Waals surface area contributed by atoms with E-state index in [-0.39, 0.29) is 11.7 Å². The molecule has 1 fully saturated rings. The maximum atomic E-state index is 13.2. The van der Waals surface area contributed by atoms with Crippen molar-refractivity contribution < 1.29 is 9.18 Å². The van der Waals surface area contributed by atoms with Crippen molar-refractivity contribution in [3.05, 3.63) is 83.2 Å². The first kappa shape index (κ1) is 19.9. The van der Waals surface area contributed by atoms with Gasteiger partial charge in [0, 0.05) is 48.3 Å². The van der Waals surface area contributed by atoms with Crippen molar-refractivity contribution in [3.8, 4) is 11.3 Å². The zero-order chi connectivity index (χ0) is 21.2. The molecule has 4 nitrogen and oxygen atoms in total. The first-order valence-electron chi connectivity index (χ1n) is 10.7. The van der Waals surface area contributed by atoms with Gasteiger partial charge in [0.05, 0.1) is 5.69 Å². The highest BCUT2D eigenvalue weighted by Crippen LogP contribution is 2.29. The molecule has 1 aliphatic carbocycles. The van der Waals surface area contributed by atoms with Crippen molar-refractivity contribution in [1.82, 2.24) is 14.3 Å². The number of carbonyl (C=O) groups excluding carboxylic acids is 1. The number of benzene rings is 2. The Hall–Kier alpha value is -2.99. The largest absolute Gasteiger partial charge is 0.339 e. The predicted octanol–water partition coefficient (Wildman–Crippen LogP) is 5.37. The molecule has 0 saturated heterocycles. The van der Waals surface area contributed by atoms with Crippen LogP contribution in [0.4, 0.5) is 4.39 Å². The van der Waals surface area contributed by atoms with E-state index in [1.54, 1.807) is 23.5 Å². The minimum atomic E-state index is -0.248. The van der Waals surface area contributed by atoms with Gasteiger partial charge in [0.2, 0.25) is 5.91 Å². The molecule has 1 saturated carbocycles. The van der Waals surface area contributed by atoms with Gasteiger partial charge in [0.1, 0.15) is 5.82 Å². The van der Waals surface area contributed by atoms with Gasteiger partial charge in [-0.15, -0.1) is 11.3 Å². The summed E-state index contributed by atoms with van der Waals surface area (Å²) >= 11 is 1.60. The Morgan fingerprint density at radius 2 is 1.87 bits per heavy atom. The quantitative estimate of drug-likeness (QED) is 0.375. The van der Waals surface area contributed by atoms with Gasteiger partial charge >= 0.3 is 0 Å². The van der Waals surface area contributed by atoms with Gasteiger partial charge in [-0.2, -0.15) is 0 Å². The summed E-state index contributed by atoms with van der Waals surface area (Å²) in [5.74, 6) is -0.00184. The molecule has 0 N–H and O–H groups in total. The van der Waals surface area contributed by atoms with Crippen LogP contribution in [0.15, 0.2) is 66.2 Å². The second-order valence-electron chi connectivity index (χ2n) is 8.07. The van der Waals surface area contributed by atoms with Gasteiger partial charge in [0.25, 0.3) is 0 Å². The summed E-state index contributed by atoms with van der Waals surface area (Å²) < 4.78 is 15.3. The van der Waals surface area contributed by atoms with Crippen LogP contribution >= 0.6 is 11.3 Å². The molecule has 31 heavy (non-hydrogen) atoms. The first-order chi connectivity index (χ1) is 15.2. The maximum Gasteiger partial charge on any atom is 0.223 e. The summed E-state index contributed by atoms with van der Waals surface area (Å²) in [6.45, 7) is 0.730. The number of fused-ring (bicyclic) bond motifs is 1. The summed E-state index contributed by atoms with van der Waals surface area (Å²) in [5, 5.41) is 2.12. The fraction of sp³-hybridized carbons (Fsp3) is 0.280. The number of halogens is 1. The van der Waals surface area contributed by atoms with E-state index in [4.69, 9.17) is 0 Å². The molecule has 2 aromatic heterocycles. The van der Waals surface area contributed by atoms with Gasteiger partial charge in [-0.3, -0.25) is 9.20 Å². The molecule has 0 atom stereocenters. The standard InChI is InChI=1S/C25H24FN3OS/c26-20-9-7-19(8-10-20)23-16-29-22(17-31-25(29)27-23)14-15-28(21-11-12-21)24(30)13-6-18-4-2-1-3-5-18/h1-5,7-10,16-17,21H,6,11-15H2. The number of thiazole rings is 1. The van der Waals surface area contributed by atoms with Crippen LogP contribution in [-0.2, 0) is 17.6 Å². The Kier molecular flexibility index (Phi) is 5.55. The lowest BCUT2D eigenvalue weighted by molar-refractivity contribution is -0.131. The summed E-state index contributed by atoms with van der Waals surface area (Å²) in [6, 6.07) is 17.0. The van der Waals surface area contributed by atoms with Gasteiger partial charge < -0.3 is 4.90 Å². The predicted molar refractivity (Wildman–Crippen MR) is 122 cm³/mol. The molecule has 1 amide bonds. The molecule has 2 aromatic carbocycles. The molecule has 0 spiro atoms. The van der Waals surface area contributed by atoms with Crippen molar-refractivity contribution in [2.24, 2.45) is 0 Å². The summed E-state index contributed by atoms with van der Waals surface area (Å²) in [6.07, 6.45) is 6.36. The van der Waals surface area contributed by atoms with Gasteiger partial charge in [-0.1, -0.05) is 30.3 Å². The minimum absolute atomic E-state index is 0.246. The number of aryl methyl sites for hydroxylation is 1. The lowest BCUT2D eigenvalue weighted by Crippen LogP contribution is -2.35. The summed E-state index contributed by atoms with van der Waals surface area (Å²) in [7, 11) is 0. The van der Waals surface area contributed by atoms with E-state index in [0.29, 0.717) is 12.5 Å². The second-order valence-corrected chi connectivity index (χ2v) is 8.90. The van der Waals surface area contributed by atoms with Crippen LogP contribution in [0.2, 0.25) is 0 Å². The molecular weight excluding hydrogens is 409 g/mol. The molecular formula is C25H24FN3OS. The first-order valence-corrected chi connectivity index (χ1v) is 11.6. The monoisotopic (exact) mass is 433 g/mol. The highest BCUT2D eigenvalue weighted by Gasteiger charge is 2.32. The van der Waals surface area contributed by atoms with Crippen LogP contribution < -0.4 is 0 Å². The Labute approximate surface area is 185 Å². The van der Waals surface area contributed by atoms with Gasteiger partial charge in [-0.25, -0.2) is 9.37 Å². The van der Waals surface area contributed by atoms with Gasteiger partial charge in [-0.05, 0) is 49.1 Å². The topological polar surface area (TPSA) is 37.6 Å². The van der Waals surface area contributed by atoms with Crippen molar-refractivity contribution >= 4 is 22.2 Å². The number of nitrogens with zero attached hydrogens (tertiary/aromatic N) is 3. The smallest absolute Gasteiger partial charge is 0.223 e. The minimum Gasteiger partial charge on any atom is -0.339 e. The number of hydrogen-bond acceptors (Lipinski definition) is 3. The third kappa shape index (κ3) is 4.54. The van der Waals surface area contributed by atoms with E-state index < -0.39 is 0 Å². The average molecular weight is 434 g/mol. The third-order valence-electron chi connectivity index (χ3n) is 5.81. The molecule has 1 aliphatic rings. The third-order valence-corrected chi connectivity index (χ3v) is 6.70. The van der Waals surface area contributed by atoms with Crippen LogP contribution in [0.5, 0.6) is 0 Å². The molecule has 4 aromatic rings. The molecule has 0 radical (unpaired) electrons. The molecule has 0 bridgehead atoms. The van der Waals surface area contributed by atoms with E-state index in [9.17, 15) is 9.18 Å². The van der Waals surface area contributed by atoms with Crippen LogP contribution in [0.25, 0.3) is 16.2 Å². The van der Waals surface area contributed by atoms with E-state index in [0.717, 1.165) is 54.1 Å². The van der Waals surface area contributed by atoms with E-state index in [1.165, 1.54) is 17.7 Å². The number of imidazole rings is 1. The highest BCUT2D eigenvalue weighted by atomic mass is 32.1. The number of carbonyl (C=O) groups is 1. The average Bonchev–Trinajstić information content (AvgIpc) is 3.43. The SMILES string of the molecule is O=C(CCc1ccccc1)N(CCc1csc2nc(-c3ccc(F)cc3)cn12)C1CC1. The fourth-order valence-electron chi connectivity index (χ4n) is 3.94. The van der Waals surface area contributed by atoms with Crippen molar-refractivity contribution in [2.45, 2.75) is 38.1 Å². The van der Waals surface area contributed by atoms with Crippen molar-refractivity contribution in [3.63, 3.8) is 0 Å². The Balaban J connectivity index is 1.26. The zero-order valence-electron chi connectivity index (χ0n) is 17.2.